The SMILES string of the molecule is c1cc2c(c(OCCC3CCCN3)c1)CCCC2. The molecule has 2 nitrogen and oxygen atoms in total. The molecule has 1 atom stereocenters. The Labute approximate surface area is 110 Å². The molecule has 1 aromatic carbocycles. The molecule has 1 N–H and O–H groups in total. The number of nitrogens with one attached hydrogen (secondary N) is 1. The maximum Gasteiger partial charge on any atom is 0.122 e. The van der Waals surface area contributed by atoms with Gasteiger partial charge >= 0.3 is 0 Å². The molecule has 2 aliphatic rings. The first-order valence-corrected chi connectivity index (χ1v) is 7.40. The van der Waals surface area contributed by atoms with E-state index in [2.05, 4.69) is 23.5 Å². The number of rotatable bonds is 4. The highest BCUT2D eigenvalue weighted by atomic mass is 16.5. The summed E-state index contributed by atoms with van der Waals surface area (Å²) >= 11 is 0. The van der Waals surface area contributed by atoms with Gasteiger partial charge in [-0.1, -0.05) is 12.1 Å². The summed E-state index contributed by atoms with van der Waals surface area (Å²) in [6, 6.07) is 7.24. The Morgan fingerprint density at radius 3 is 3.00 bits per heavy atom. The highest BCUT2D eigenvalue weighted by Gasteiger charge is 2.16. The number of hydrogen-bond donors (Lipinski definition) is 1. The van der Waals surface area contributed by atoms with Crippen LogP contribution in [0.15, 0.2) is 18.2 Å². The van der Waals surface area contributed by atoms with Crippen molar-refractivity contribution in [3.8, 4) is 5.75 Å². The molecule has 2 heteroatoms. The van der Waals surface area contributed by atoms with E-state index in [9.17, 15) is 0 Å². The van der Waals surface area contributed by atoms with Gasteiger partial charge in [-0.25, -0.2) is 0 Å². The predicted molar refractivity (Wildman–Crippen MR) is 74.2 cm³/mol. The van der Waals surface area contributed by atoms with Gasteiger partial charge in [-0.05, 0) is 68.7 Å². The largest absolute Gasteiger partial charge is 0.493 e. The van der Waals surface area contributed by atoms with Gasteiger partial charge in [0.1, 0.15) is 5.75 Å². The third kappa shape index (κ3) is 2.69. The molecule has 1 aromatic rings. The first-order chi connectivity index (χ1) is 8.93. The molecular weight excluding hydrogens is 222 g/mol. The second kappa shape index (κ2) is 5.75. The van der Waals surface area contributed by atoms with E-state index in [-0.39, 0.29) is 0 Å². The summed E-state index contributed by atoms with van der Waals surface area (Å²) in [5, 5.41) is 3.53. The molecule has 0 aromatic heterocycles. The fourth-order valence-corrected chi connectivity index (χ4v) is 3.20. The lowest BCUT2D eigenvalue weighted by molar-refractivity contribution is 0.288. The van der Waals surface area contributed by atoms with Gasteiger partial charge in [0.25, 0.3) is 0 Å². The van der Waals surface area contributed by atoms with Crippen LogP contribution >= 0.6 is 0 Å². The third-order valence-corrected chi connectivity index (χ3v) is 4.24. The van der Waals surface area contributed by atoms with Crippen molar-refractivity contribution in [1.29, 1.82) is 0 Å². The number of fused-ring (bicyclic) bond motifs is 1. The van der Waals surface area contributed by atoms with E-state index >= 15 is 0 Å². The highest BCUT2D eigenvalue weighted by Crippen LogP contribution is 2.29. The van der Waals surface area contributed by atoms with Crippen molar-refractivity contribution >= 4 is 0 Å². The zero-order valence-corrected chi connectivity index (χ0v) is 11.1. The van der Waals surface area contributed by atoms with E-state index in [1.165, 1.54) is 56.2 Å². The van der Waals surface area contributed by atoms with E-state index in [0.29, 0.717) is 6.04 Å². The smallest absolute Gasteiger partial charge is 0.122 e. The minimum Gasteiger partial charge on any atom is -0.493 e. The van der Waals surface area contributed by atoms with Crippen LogP contribution in [0.25, 0.3) is 0 Å². The van der Waals surface area contributed by atoms with Crippen LogP contribution in [0.3, 0.4) is 0 Å². The van der Waals surface area contributed by atoms with Crippen molar-refractivity contribution in [2.45, 2.75) is 51.0 Å². The fourth-order valence-electron chi connectivity index (χ4n) is 3.20. The second-order valence-corrected chi connectivity index (χ2v) is 5.53. The van der Waals surface area contributed by atoms with Crippen LogP contribution in [0.5, 0.6) is 5.75 Å². The standard InChI is InChI=1S/C16H23NO/c1-2-8-15-13(5-1)6-3-9-16(15)18-12-10-14-7-4-11-17-14/h3,6,9,14,17H,1-2,4-5,7-8,10-12H2. The molecule has 3 rings (SSSR count). The molecule has 1 heterocycles. The highest BCUT2D eigenvalue weighted by molar-refractivity contribution is 5.41. The van der Waals surface area contributed by atoms with Crippen molar-refractivity contribution in [2.24, 2.45) is 0 Å². The summed E-state index contributed by atoms with van der Waals surface area (Å²) in [4.78, 5) is 0. The number of benzene rings is 1. The lowest BCUT2D eigenvalue weighted by Crippen LogP contribution is -2.23. The minimum absolute atomic E-state index is 0.685. The van der Waals surface area contributed by atoms with Crippen LogP contribution < -0.4 is 10.1 Å². The monoisotopic (exact) mass is 245 g/mol. The second-order valence-electron chi connectivity index (χ2n) is 5.53. The van der Waals surface area contributed by atoms with Crippen LogP contribution in [0.2, 0.25) is 0 Å². The molecule has 0 radical (unpaired) electrons. The Hall–Kier alpha value is -1.02. The van der Waals surface area contributed by atoms with E-state index < -0.39 is 0 Å². The van der Waals surface area contributed by atoms with E-state index in [1.54, 1.807) is 0 Å². The summed E-state index contributed by atoms with van der Waals surface area (Å²) in [5.74, 6) is 1.14. The predicted octanol–water partition coefficient (Wildman–Crippen LogP) is 3.09. The van der Waals surface area contributed by atoms with E-state index in [4.69, 9.17) is 4.74 Å². The molecule has 0 bridgehead atoms. The molecule has 1 unspecified atom stereocenters. The van der Waals surface area contributed by atoms with Gasteiger partial charge in [0, 0.05) is 6.04 Å². The van der Waals surface area contributed by atoms with Gasteiger partial charge in [-0.3, -0.25) is 0 Å². The Morgan fingerprint density at radius 2 is 2.11 bits per heavy atom. The molecule has 18 heavy (non-hydrogen) atoms. The summed E-state index contributed by atoms with van der Waals surface area (Å²) < 4.78 is 6.03. The molecule has 0 amide bonds. The van der Waals surface area contributed by atoms with Gasteiger partial charge in [-0.2, -0.15) is 0 Å². The minimum atomic E-state index is 0.685. The van der Waals surface area contributed by atoms with Crippen LogP contribution in [0.1, 0.15) is 43.2 Å². The van der Waals surface area contributed by atoms with Crippen molar-refractivity contribution in [1.82, 2.24) is 5.32 Å². The lowest BCUT2D eigenvalue weighted by Gasteiger charge is -2.20. The Bertz CT molecular complexity index is 396. The summed E-state index contributed by atoms with van der Waals surface area (Å²) in [7, 11) is 0. The van der Waals surface area contributed by atoms with E-state index in [0.717, 1.165) is 18.8 Å². The third-order valence-electron chi connectivity index (χ3n) is 4.24. The van der Waals surface area contributed by atoms with Crippen molar-refractivity contribution in [3.05, 3.63) is 29.3 Å². The average Bonchev–Trinajstić information content (AvgIpc) is 2.92. The topological polar surface area (TPSA) is 21.3 Å². The molecule has 1 aliphatic heterocycles. The van der Waals surface area contributed by atoms with Crippen molar-refractivity contribution < 1.29 is 4.74 Å². The zero-order valence-electron chi connectivity index (χ0n) is 11.1. The van der Waals surface area contributed by atoms with Crippen LogP contribution in [-0.4, -0.2) is 19.2 Å². The first-order valence-electron chi connectivity index (χ1n) is 7.40. The van der Waals surface area contributed by atoms with E-state index in [1.807, 2.05) is 0 Å². The fraction of sp³-hybridized carbons (Fsp3) is 0.625. The van der Waals surface area contributed by atoms with Crippen LogP contribution in [0, 0.1) is 0 Å². The first kappa shape index (κ1) is 12.0. The number of hydrogen-bond acceptors (Lipinski definition) is 2. The average molecular weight is 245 g/mol. The molecule has 98 valence electrons. The van der Waals surface area contributed by atoms with Crippen LogP contribution in [0.4, 0.5) is 0 Å². The molecule has 1 saturated heterocycles. The molecule has 1 aliphatic carbocycles. The molecule has 0 saturated carbocycles. The van der Waals surface area contributed by atoms with Gasteiger partial charge in [0.2, 0.25) is 0 Å². The molecule has 0 spiro atoms. The summed E-state index contributed by atoms with van der Waals surface area (Å²) in [6.07, 6.45) is 8.87. The summed E-state index contributed by atoms with van der Waals surface area (Å²) in [5.41, 5.74) is 2.99. The maximum atomic E-state index is 6.03. The van der Waals surface area contributed by atoms with Crippen molar-refractivity contribution in [2.75, 3.05) is 13.2 Å². The summed E-state index contributed by atoms with van der Waals surface area (Å²) in [6.45, 7) is 2.04. The maximum absolute atomic E-state index is 6.03. The van der Waals surface area contributed by atoms with Gasteiger partial charge in [0.05, 0.1) is 6.61 Å². The number of aryl methyl sites for hydroxylation is 1. The Balaban J connectivity index is 1.58. The zero-order chi connectivity index (χ0) is 12.2. The Kier molecular flexibility index (Phi) is 3.84. The Morgan fingerprint density at radius 1 is 1.17 bits per heavy atom. The molecule has 1 fully saturated rings. The lowest BCUT2D eigenvalue weighted by atomic mass is 9.91. The van der Waals surface area contributed by atoms with Crippen molar-refractivity contribution in [3.63, 3.8) is 0 Å². The van der Waals surface area contributed by atoms with Gasteiger partial charge in [-0.15, -0.1) is 0 Å². The quantitative estimate of drug-likeness (QED) is 0.880. The van der Waals surface area contributed by atoms with Crippen LogP contribution in [-0.2, 0) is 12.8 Å². The number of ether oxygens (including phenoxy) is 1. The molecular formula is C16H23NO. The van der Waals surface area contributed by atoms with Gasteiger partial charge < -0.3 is 10.1 Å². The normalized spacial score (nSPS) is 22.8. The van der Waals surface area contributed by atoms with Gasteiger partial charge in [0.15, 0.2) is 0 Å².